The molecule has 0 aromatic rings. The molecular weight excluding hydrogens is 337 g/mol. The van der Waals surface area contributed by atoms with Gasteiger partial charge >= 0.3 is 0 Å². The number of nitrogens with two attached hydrogens (primary N) is 1. The van der Waals surface area contributed by atoms with Gasteiger partial charge in [-0.15, -0.1) is 24.0 Å². The van der Waals surface area contributed by atoms with Gasteiger partial charge in [0.15, 0.2) is 5.96 Å². The van der Waals surface area contributed by atoms with Gasteiger partial charge < -0.3 is 11.1 Å². The third kappa shape index (κ3) is 4.44. The Morgan fingerprint density at radius 3 is 2.72 bits per heavy atom. The second kappa shape index (κ2) is 7.36. The first-order chi connectivity index (χ1) is 8.15. The van der Waals surface area contributed by atoms with E-state index in [0.717, 1.165) is 29.9 Å². The molecule has 0 heterocycles. The number of hydrogen-bond acceptors (Lipinski definition) is 1. The zero-order chi connectivity index (χ0) is 12.3. The van der Waals surface area contributed by atoms with Crippen LogP contribution in [0.3, 0.4) is 0 Å². The first kappa shape index (κ1) is 15.8. The molecule has 0 aromatic heterocycles. The Labute approximate surface area is 128 Å². The lowest BCUT2D eigenvalue weighted by Crippen LogP contribution is -2.33. The average Bonchev–Trinajstić information content (AvgIpc) is 2.88. The lowest BCUT2D eigenvalue weighted by atomic mass is 9.86. The van der Waals surface area contributed by atoms with Crippen molar-refractivity contribution in [3.8, 4) is 0 Å². The second-order valence-electron chi connectivity index (χ2n) is 5.81. The molecule has 0 radical (unpaired) electrons. The Hall–Kier alpha value is -0.260. The molecule has 0 aliphatic heterocycles. The lowest BCUT2D eigenvalue weighted by molar-refractivity contribution is 0.315. The molecule has 2 rings (SSSR count). The van der Waals surface area contributed by atoms with Gasteiger partial charge in [0.1, 0.15) is 0 Å². The number of rotatable bonds is 5. The van der Waals surface area contributed by atoms with Crippen LogP contribution in [0.5, 0.6) is 0 Å². The highest BCUT2D eigenvalue weighted by atomic mass is 127. The molecule has 0 amide bonds. The highest BCUT2D eigenvalue weighted by molar-refractivity contribution is 14.0. The molecule has 2 saturated carbocycles. The highest BCUT2D eigenvalue weighted by Crippen LogP contribution is 2.49. The van der Waals surface area contributed by atoms with Crippen LogP contribution in [0.1, 0.15) is 39.0 Å². The zero-order valence-electron chi connectivity index (χ0n) is 11.3. The van der Waals surface area contributed by atoms with Gasteiger partial charge in [0.05, 0.1) is 6.54 Å². The molecule has 3 unspecified atom stereocenters. The SMILES string of the molecule is C=C(C)CN=C(N)NCCC1CC2CCC1C2.I. The van der Waals surface area contributed by atoms with Crippen molar-refractivity contribution < 1.29 is 0 Å². The predicted octanol–water partition coefficient (Wildman–Crippen LogP) is 2.91. The van der Waals surface area contributed by atoms with Gasteiger partial charge in [0, 0.05) is 6.54 Å². The van der Waals surface area contributed by atoms with E-state index in [2.05, 4.69) is 16.9 Å². The minimum Gasteiger partial charge on any atom is -0.370 e. The van der Waals surface area contributed by atoms with E-state index < -0.39 is 0 Å². The minimum atomic E-state index is 0. The van der Waals surface area contributed by atoms with Crippen LogP contribution >= 0.6 is 24.0 Å². The van der Waals surface area contributed by atoms with E-state index in [1.807, 2.05) is 6.92 Å². The number of nitrogens with one attached hydrogen (secondary N) is 1. The Balaban J connectivity index is 0.00000162. The molecule has 0 spiro atoms. The molecule has 2 bridgehead atoms. The summed E-state index contributed by atoms with van der Waals surface area (Å²) in [6, 6.07) is 0. The van der Waals surface area contributed by atoms with Crippen molar-refractivity contribution in [2.45, 2.75) is 39.0 Å². The molecular formula is C14H26IN3. The number of halogens is 1. The number of hydrogen-bond donors (Lipinski definition) is 2. The number of fused-ring (bicyclic) bond motifs is 2. The summed E-state index contributed by atoms with van der Waals surface area (Å²) in [5.41, 5.74) is 6.82. The fourth-order valence-corrected chi connectivity index (χ4v) is 3.39. The third-order valence-electron chi connectivity index (χ3n) is 4.23. The second-order valence-corrected chi connectivity index (χ2v) is 5.81. The van der Waals surface area contributed by atoms with Crippen LogP contribution in [-0.2, 0) is 0 Å². The van der Waals surface area contributed by atoms with Crippen LogP contribution in [0.2, 0.25) is 0 Å². The molecule has 18 heavy (non-hydrogen) atoms. The summed E-state index contributed by atoms with van der Waals surface area (Å²) >= 11 is 0. The van der Waals surface area contributed by atoms with Crippen molar-refractivity contribution in [1.82, 2.24) is 5.32 Å². The fourth-order valence-electron chi connectivity index (χ4n) is 3.39. The van der Waals surface area contributed by atoms with Crippen LogP contribution in [0.25, 0.3) is 0 Å². The number of guanidine groups is 1. The predicted molar refractivity (Wildman–Crippen MR) is 88.3 cm³/mol. The maximum Gasteiger partial charge on any atom is 0.188 e. The van der Waals surface area contributed by atoms with Crippen LogP contribution in [0.15, 0.2) is 17.1 Å². The Bertz CT molecular complexity index is 314. The number of aliphatic imine (C=N–C) groups is 1. The molecule has 3 nitrogen and oxygen atoms in total. The quantitative estimate of drug-likeness (QED) is 0.342. The number of nitrogens with zero attached hydrogens (tertiary/aromatic N) is 1. The van der Waals surface area contributed by atoms with E-state index in [0.29, 0.717) is 12.5 Å². The van der Waals surface area contributed by atoms with Crippen LogP contribution in [0.4, 0.5) is 0 Å². The summed E-state index contributed by atoms with van der Waals surface area (Å²) in [6.07, 6.45) is 7.15. The van der Waals surface area contributed by atoms with Crippen molar-refractivity contribution in [3.63, 3.8) is 0 Å². The van der Waals surface area contributed by atoms with Gasteiger partial charge in [0.2, 0.25) is 0 Å². The summed E-state index contributed by atoms with van der Waals surface area (Å²) < 4.78 is 0. The topological polar surface area (TPSA) is 50.4 Å². The van der Waals surface area contributed by atoms with E-state index in [4.69, 9.17) is 5.73 Å². The molecule has 2 fully saturated rings. The zero-order valence-corrected chi connectivity index (χ0v) is 13.7. The van der Waals surface area contributed by atoms with Crippen molar-refractivity contribution in [3.05, 3.63) is 12.2 Å². The Morgan fingerprint density at radius 2 is 2.17 bits per heavy atom. The first-order valence-electron chi connectivity index (χ1n) is 6.83. The van der Waals surface area contributed by atoms with Crippen molar-refractivity contribution in [2.75, 3.05) is 13.1 Å². The molecule has 0 aromatic carbocycles. The summed E-state index contributed by atoms with van der Waals surface area (Å²) in [7, 11) is 0. The first-order valence-corrected chi connectivity index (χ1v) is 6.83. The molecule has 2 aliphatic rings. The monoisotopic (exact) mass is 363 g/mol. The lowest BCUT2D eigenvalue weighted by Gasteiger charge is -2.21. The molecule has 0 saturated heterocycles. The van der Waals surface area contributed by atoms with E-state index >= 15 is 0 Å². The standard InChI is InChI=1S/C14H25N3.HI/c1-10(2)9-17-14(15)16-6-5-13-8-11-3-4-12(13)7-11;/h11-13H,1,3-9H2,2H3,(H3,15,16,17);1H. The van der Waals surface area contributed by atoms with Crippen LogP contribution in [0, 0.1) is 17.8 Å². The molecule has 104 valence electrons. The Kier molecular flexibility index (Phi) is 6.46. The third-order valence-corrected chi connectivity index (χ3v) is 4.23. The summed E-state index contributed by atoms with van der Waals surface area (Å²) in [5.74, 6) is 3.56. The van der Waals surface area contributed by atoms with Crippen molar-refractivity contribution >= 4 is 29.9 Å². The van der Waals surface area contributed by atoms with Gasteiger partial charge in [-0.05, 0) is 50.4 Å². The molecule has 3 atom stereocenters. The molecule has 3 N–H and O–H groups in total. The maximum atomic E-state index is 5.78. The normalized spacial score (nSPS) is 30.1. The largest absolute Gasteiger partial charge is 0.370 e. The van der Waals surface area contributed by atoms with E-state index in [1.54, 1.807) is 0 Å². The average molecular weight is 363 g/mol. The molecule has 2 aliphatic carbocycles. The van der Waals surface area contributed by atoms with Gasteiger partial charge in [-0.3, -0.25) is 0 Å². The van der Waals surface area contributed by atoms with Gasteiger partial charge in [-0.1, -0.05) is 18.6 Å². The Morgan fingerprint density at radius 1 is 1.39 bits per heavy atom. The van der Waals surface area contributed by atoms with E-state index in [-0.39, 0.29) is 24.0 Å². The summed E-state index contributed by atoms with van der Waals surface area (Å²) in [5, 5.41) is 3.21. The fraction of sp³-hybridized carbons (Fsp3) is 0.786. The minimum absolute atomic E-state index is 0. The van der Waals surface area contributed by atoms with Crippen molar-refractivity contribution in [2.24, 2.45) is 28.5 Å². The van der Waals surface area contributed by atoms with E-state index in [1.165, 1.54) is 32.1 Å². The van der Waals surface area contributed by atoms with Crippen molar-refractivity contribution in [1.29, 1.82) is 0 Å². The van der Waals surface area contributed by atoms with Gasteiger partial charge in [-0.2, -0.15) is 0 Å². The van der Waals surface area contributed by atoms with Gasteiger partial charge in [0.25, 0.3) is 0 Å². The highest BCUT2D eigenvalue weighted by Gasteiger charge is 2.38. The van der Waals surface area contributed by atoms with Crippen LogP contribution < -0.4 is 11.1 Å². The van der Waals surface area contributed by atoms with Crippen LogP contribution in [-0.4, -0.2) is 19.0 Å². The maximum absolute atomic E-state index is 5.78. The van der Waals surface area contributed by atoms with E-state index in [9.17, 15) is 0 Å². The smallest absolute Gasteiger partial charge is 0.188 e. The summed E-state index contributed by atoms with van der Waals surface area (Å²) in [6.45, 7) is 7.37. The summed E-state index contributed by atoms with van der Waals surface area (Å²) in [4.78, 5) is 4.22. The molecule has 4 heteroatoms. The van der Waals surface area contributed by atoms with Gasteiger partial charge in [-0.25, -0.2) is 4.99 Å².